The third-order valence-corrected chi connectivity index (χ3v) is 4.55. The van der Waals surface area contributed by atoms with E-state index in [9.17, 15) is 0 Å². The molecule has 2 heterocycles. The predicted molar refractivity (Wildman–Crippen MR) is 101 cm³/mol. The van der Waals surface area contributed by atoms with E-state index in [1.54, 1.807) is 13.3 Å². The van der Waals surface area contributed by atoms with Crippen molar-refractivity contribution in [2.75, 3.05) is 7.11 Å². The third-order valence-electron chi connectivity index (χ3n) is 4.55. The fourth-order valence-corrected chi connectivity index (χ4v) is 2.88. The lowest BCUT2D eigenvalue weighted by atomic mass is 9.99. The fraction of sp³-hybridized carbons (Fsp3) is 0.143. The van der Waals surface area contributed by atoms with Crippen LogP contribution in [0.4, 0.5) is 0 Å². The second-order valence-electron chi connectivity index (χ2n) is 6.21. The maximum atomic E-state index is 5.15. The lowest BCUT2D eigenvalue weighted by Gasteiger charge is -2.06. The number of nitrogens with zero attached hydrogens (tertiary/aromatic N) is 2. The maximum Gasteiger partial charge on any atom is 0.215 e. The van der Waals surface area contributed by atoms with Crippen molar-refractivity contribution in [2.45, 2.75) is 13.8 Å². The molecule has 0 aliphatic rings. The van der Waals surface area contributed by atoms with E-state index in [2.05, 4.69) is 71.3 Å². The monoisotopic (exact) mass is 329 g/mol. The van der Waals surface area contributed by atoms with Gasteiger partial charge >= 0.3 is 0 Å². The maximum absolute atomic E-state index is 5.15. The second-order valence-corrected chi connectivity index (χ2v) is 6.21. The minimum Gasteiger partial charge on any atom is -0.481 e. The summed E-state index contributed by atoms with van der Waals surface area (Å²) in [5.74, 6) is 1.40. The molecule has 0 aliphatic heterocycles. The van der Waals surface area contributed by atoms with Crippen LogP contribution >= 0.6 is 0 Å². The third kappa shape index (κ3) is 2.87. The number of benzene rings is 2. The molecule has 124 valence electrons. The molecule has 4 aromatic rings. The molecule has 0 aliphatic carbocycles. The summed E-state index contributed by atoms with van der Waals surface area (Å²) in [6.45, 7) is 4.28. The lowest BCUT2D eigenvalue weighted by Crippen LogP contribution is -1.85. The number of aryl methyl sites for hydroxylation is 2. The normalized spacial score (nSPS) is 11.0. The Labute approximate surface area is 146 Å². The van der Waals surface area contributed by atoms with E-state index < -0.39 is 0 Å². The molecule has 25 heavy (non-hydrogen) atoms. The number of aromatic nitrogens is 3. The number of methoxy groups -OCH3 is 1. The van der Waals surface area contributed by atoms with Crippen molar-refractivity contribution in [3.63, 3.8) is 0 Å². The molecule has 0 atom stereocenters. The van der Waals surface area contributed by atoms with Crippen LogP contribution in [0.3, 0.4) is 0 Å². The van der Waals surface area contributed by atoms with Crippen molar-refractivity contribution in [1.29, 1.82) is 0 Å². The van der Waals surface area contributed by atoms with E-state index in [0.717, 1.165) is 22.4 Å². The minimum absolute atomic E-state index is 0.565. The summed E-state index contributed by atoms with van der Waals surface area (Å²) in [6, 6.07) is 16.8. The van der Waals surface area contributed by atoms with E-state index >= 15 is 0 Å². The van der Waals surface area contributed by atoms with Gasteiger partial charge in [0.25, 0.3) is 0 Å². The van der Waals surface area contributed by atoms with Gasteiger partial charge in [-0.15, -0.1) is 0 Å². The average molecular weight is 329 g/mol. The van der Waals surface area contributed by atoms with E-state index in [4.69, 9.17) is 4.74 Å². The van der Waals surface area contributed by atoms with Crippen molar-refractivity contribution in [2.24, 2.45) is 0 Å². The average Bonchev–Trinajstić information content (AvgIpc) is 3.07. The van der Waals surface area contributed by atoms with Gasteiger partial charge in [-0.3, -0.25) is 0 Å². The Morgan fingerprint density at radius 2 is 1.56 bits per heavy atom. The first-order chi connectivity index (χ1) is 12.1. The van der Waals surface area contributed by atoms with Gasteiger partial charge in [0.15, 0.2) is 0 Å². The molecule has 0 fully saturated rings. The van der Waals surface area contributed by atoms with Gasteiger partial charge in [0.05, 0.1) is 24.3 Å². The molecule has 0 bridgehead atoms. The van der Waals surface area contributed by atoms with Crippen LogP contribution in [0.2, 0.25) is 0 Å². The van der Waals surface area contributed by atoms with Crippen LogP contribution in [0.15, 0.2) is 54.7 Å². The minimum atomic E-state index is 0.565. The number of hydrogen-bond acceptors (Lipinski definition) is 3. The molecule has 0 amide bonds. The quantitative estimate of drug-likeness (QED) is 0.580. The Bertz CT molecular complexity index is 1050. The first kappa shape index (κ1) is 15.4. The number of hydrogen-bond donors (Lipinski definition) is 1. The first-order valence-corrected chi connectivity index (χ1v) is 8.22. The van der Waals surface area contributed by atoms with Gasteiger partial charge in [0.2, 0.25) is 5.88 Å². The smallest absolute Gasteiger partial charge is 0.215 e. The van der Waals surface area contributed by atoms with Gasteiger partial charge in [-0.05, 0) is 36.1 Å². The number of H-pyrrole nitrogens is 1. The summed E-state index contributed by atoms with van der Waals surface area (Å²) in [5, 5.41) is 0. The van der Waals surface area contributed by atoms with Gasteiger partial charge in [-0.25, -0.2) is 9.97 Å². The van der Waals surface area contributed by atoms with Crippen LogP contribution in [0, 0.1) is 13.8 Å². The van der Waals surface area contributed by atoms with Crippen LogP contribution in [-0.4, -0.2) is 22.1 Å². The van der Waals surface area contributed by atoms with E-state index in [1.165, 1.54) is 22.3 Å². The number of aromatic amines is 1. The molecule has 4 nitrogen and oxygen atoms in total. The van der Waals surface area contributed by atoms with Crippen molar-refractivity contribution in [3.8, 4) is 28.4 Å². The van der Waals surface area contributed by atoms with Gasteiger partial charge < -0.3 is 9.72 Å². The molecular formula is C21H19N3O. The highest BCUT2D eigenvalue weighted by atomic mass is 16.5. The molecule has 4 rings (SSSR count). The number of imidazole rings is 1. The summed E-state index contributed by atoms with van der Waals surface area (Å²) in [5.41, 5.74) is 7.84. The largest absolute Gasteiger partial charge is 0.481 e. The van der Waals surface area contributed by atoms with Crippen LogP contribution < -0.4 is 4.74 Å². The summed E-state index contributed by atoms with van der Waals surface area (Å²) >= 11 is 0. The fourth-order valence-electron chi connectivity index (χ4n) is 2.88. The summed E-state index contributed by atoms with van der Waals surface area (Å²) < 4.78 is 5.15. The van der Waals surface area contributed by atoms with E-state index in [-0.39, 0.29) is 0 Å². The van der Waals surface area contributed by atoms with Crippen LogP contribution in [0.5, 0.6) is 5.88 Å². The summed E-state index contributed by atoms with van der Waals surface area (Å²) in [7, 11) is 1.60. The predicted octanol–water partition coefficient (Wildman–Crippen LogP) is 4.92. The van der Waals surface area contributed by atoms with Crippen LogP contribution in [0.1, 0.15) is 11.1 Å². The van der Waals surface area contributed by atoms with Gasteiger partial charge in [-0.1, -0.05) is 42.5 Å². The Morgan fingerprint density at radius 1 is 0.840 bits per heavy atom. The molecule has 2 aromatic heterocycles. The standard InChI is InChI=1S/C21H19N3O/c1-13-4-5-17(10-14(13)2)15-6-8-16(9-7-15)21-23-18-11-20(25-3)22-12-19(18)24-21/h4-12H,1-3H3,(H,23,24). The molecule has 0 spiro atoms. The van der Waals surface area contributed by atoms with E-state index in [1.807, 2.05) is 6.07 Å². The highest BCUT2D eigenvalue weighted by Crippen LogP contribution is 2.26. The lowest BCUT2D eigenvalue weighted by molar-refractivity contribution is 0.398. The molecule has 0 saturated heterocycles. The zero-order chi connectivity index (χ0) is 17.4. The van der Waals surface area contributed by atoms with Crippen molar-refractivity contribution in [3.05, 3.63) is 65.9 Å². The molecule has 0 radical (unpaired) electrons. The zero-order valence-corrected chi connectivity index (χ0v) is 14.5. The van der Waals surface area contributed by atoms with E-state index in [0.29, 0.717) is 5.88 Å². The highest BCUT2D eigenvalue weighted by molar-refractivity contribution is 5.80. The number of rotatable bonds is 3. The van der Waals surface area contributed by atoms with Gasteiger partial charge in [-0.2, -0.15) is 0 Å². The second kappa shape index (κ2) is 6.06. The highest BCUT2D eigenvalue weighted by Gasteiger charge is 2.08. The Morgan fingerprint density at radius 3 is 2.28 bits per heavy atom. The topological polar surface area (TPSA) is 50.8 Å². The van der Waals surface area contributed by atoms with Crippen molar-refractivity contribution >= 4 is 11.0 Å². The molecule has 2 aromatic carbocycles. The van der Waals surface area contributed by atoms with Crippen LogP contribution in [0.25, 0.3) is 33.5 Å². The summed E-state index contributed by atoms with van der Waals surface area (Å²) in [4.78, 5) is 12.2. The first-order valence-electron chi connectivity index (χ1n) is 8.22. The molecule has 4 heteroatoms. The zero-order valence-electron chi connectivity index (χ0n) is 14.5. The van der Waals surface area contributed by atoms with Crippen molar-refractivity contribution in [1.82, 2.24) is 15.0 Å². The SMILES string of the molecule is COc1cc2nc(-c3ccc(-c4ccc(C)c(C)c4)cc3)[nH]c2cn1. The van der Waals surface area contributed by atoms with Gasteiger partial charge in [0, 0.05) is 11.6 Å². The molecular weight excluding hydrogens is 310 g/mol. The molecule has 0 saturated carbocycles. The summed E-state index contributed by atoms with van der Waals surface area (Å²) in [6.07, 6.45) is 1.74. The number of fused-ring (bicyclic) bond motifs is 1. The Balaban J connectivity index is 1.68. The molecule has 1 N–H and O–H groups in total. The Kier molecular flexibility index (Phi) is 3.73. The molecule has 0 unspecified atom stereocenters. The number of nitrogens with one attached hydrogen (secondary N) is 1. The number of pyridine rings is 1. The Hall–Kier alpha value is -3.14. The van der Waals surface area contributed by atoms with Crippen molar-refractivity contribution < 1.29 is 4.74 Å². The number of ether oxygens (including phenoxy) is 1. The van der Waals surface area contributed by atoms with Crippen LogP contribution in [-0.2, 0) is 0 Å². The van der Waals surface area contributed by atoms with Gasteiger partial charge in [0.1, 0.15) is 5.82 Å².